The standard InChI is InChI=1S/C16H32N4O2/c1-5-17-16(19-9-8-18-15(21)13(2)3)20(4)10-11-22-12-14-6-7-14/h13-14H,5-12H2,1-4H3,(H,17,19)(H,18,21). The van der Waals surface area contributed by atoms with E-state index in [4.69, 9.17) is 4.74 Å². The van der Waals surface area contributed by atoms with Crippen LogP contribution in [0.3, 0.4) is 0 Å². The van der Waals surface area contributed by atoms with Gasteiger partial charge < -0.3 is 20.3 Å². The Bertz CT molecular complexity index is 354. The van der Waals surface area contributed by atoms with Gasteiger partial charge in [0.2, 0.25) is 5.91 Å². The first-order valence-electron chi connectivity index (χ1n) is 8.39. The molecule has 0 saturated heterocycles. The van der Waals surface area contributed by atoms with Gasteiger partial charge in [-0.1, -0.05) is 13.8 Å². The van der Waals surface area contributed by atoms with Gasteiger partial charge in [0.1, 0.15) is 0 Å². The van der Waals surface area contributed by atoms with E-state index in [-0.39, 0.29) is 11.8 Å². The quantitative estimate of drug-likeness (QED) is 0.360. The summed E-state index contributed by atoms with van der Waals surface area (Å²) in [6, 6.07) is 0. The van der Waals surface area contributed by atoms with E-state index in [1.807, 2.05) is 27.8 Å². The summed E-state index contributed by atoms with van der Waals surface area (Å²) >= 11 is 0. The predicted molar refractivity (Wildman–Crippen MR) is 90.0 cm³/mol. The summed E-state index contributed by atoms with van der Waals surface area (Å²) in [5, 5.41) is 6.14. The maximum Gasteiger partial charge on any atom is 0.222 e. The minimum absolute atomic E-state index is 0.0171. The van der Waals surface area contributed by atoms with Gasteiger partial charge >= 0.3 is 0 Å². The van der Waals surface area contributed by atoms with Gasteiger partial charge in [-0.25, -0.2) is 0 Å². The second-order valence-corrected chi connectivity index (χ2v) is 6.12. The van der Waals surface area contributed by atoms with Crippen molar-refractivity contribution in [2.75, 3.05) is 46.4 Å². The van der Waals surface area contributed by atoms with Crippen molar-refractivity contribution < 1.29 is 9.53 Å². The first kappa shape index (κ1) is 18.7. The van der Waals surface area contributed by atoms with Crippen molar-refractivity contribution in [3.05, 3.63) is 0 Å². The molecule has 2 N–H and O–H groups in total. The van der Waals surface area contributed by atoms with Crippen LogP contribution in [0, 0.1) is 11.8 Å². The summed E-state index contributed by atoms with van der Waals surface area (Å²) < 4.78 is 5.66. The van der Waals surface area contributed by atoms with Crippen LogP contribution in [-0.2, 0) is 9.53 Å². The van der Waals surface area contributed by atoms with Crippen molar-refractivity contribution in [3.63, 3.8) is 0 Å². The van der Waals surface area contributed by atoms with Gasteiger partial charge in [-0.15, -0.1) is 0 Å². The zero-order valence-electron chi connectivity index (χ0n) is 14.5. The van der Waals surface area contributed by atoms with E-state index in [0.29, 0.717) is 13.1 Å². The Morgan fingerprint density at radius 3 is 2.68 bits per heavy atom. The summed E-state index contributed by atoms with van der Waals surface area (Å²) in [6.07, 6.45) is 2.64. The van der Waals surface area contributed by atoms with Gasteiger partial charge in [0.05, 0.1) is 13.2 Å². The van der Waals surface area contributed by atoms with Gasteiger partial charge in [-0.3, -0.25) is 9.79 Å². The van der Waals surface area contributed by atoms with Crippen LogP contribution in [0.5, 0.6) is 0 Å². The smallest absolute Gasteiger partial charge is 0.222 e. The highest BCUT2D eigenvalue weighted by Crippen LogP contribution is 2.28. The SMILES string of the molecule is CCNC(=NCCNC(=O)C(C)C)N(C)CCOCC1CC1. The van der Waals surface area contributed by atoms with E-state index < -0.39 is 0 Å². The molecule has 0 atom stereocenters. The van der Waals surface area contributed by atoms with Crippen LogP contribution in [0.2, 0.25) is 0 Å². The number of nitrogens with zero attached hydrogens (tertiary/aromatic N) is 2. The zero-order chi connectivity index (χ0) is 16.4. The monoisotopic (exact) mass is 312 g/mol. The lowest BCUT2D eigenvalue weighted by molar-refractivity contribution is -0.123. The fourth-order valence-electron chi connectivity index (χ4n) is 1.86. The molecule has 6 heteroatoms. The lowest BCUT2D eigenvalue weighted by Gasteiger charge is -2.22. The Kier molecular flexibility index (Phi) is 8.89. The molecule has 0 bridgehead atoms. The summed E-state index contributed by atoms with van der Waals surface area (Å²) in [5.41, 5.74) is 0. The number of carbonyl (C=O) groups excluding carboxylic acids is 1. The Hall–Kier alpha value is -1.30. The second-order valence-electron chi connectivity index (χ2n) is 6.12. The first-order chi connectivity index (χ1) is 10.5. The van der Waals surface area contributed by atoms with Gasteiger partial charge in [-0.2, -0.15) is 0 Å². The molecular weight excluding hydrogens is 280 g/mol. The molecule has 0 aromatic heterocycles. The lowest BCUT2D eigenvalue weighted by Crippen LogP contribution is -2.41. The molecule has 0 aromatic carbocycles. The van der Waals surface area contributed by atoms with Crippen molar-refractivity contribution in [1.82, 2.24) is 15.5 Å². The minimum Gasteiger partial charge on any atom is -0.379 e. The van der Waals surface area contributed by atoms with Crippen LogP contribution in [-0.4, -0.2) is 63.2 Å². The predicted octanol–water partition coefficient (Wildman–Crippen LogP) is 1.08. The van der Waals surface area contributed by atoms with Gasteiger partial charge in [0.15, 0.2) is 5.96 Å². The molecule has 0 aliphatic heterocycles. The van der Waals surface area contributed by atoms with Crippen molar-refractivity contribution >= 4 is 11.9 Å². The number of rotatable bonds is 10. The van der Waals surface area contributed by atoms with Crippen LogP contribution in [0.15, 0.2) is 4.99 Å². The molecule has 22 heavy (non-hydrogen) atoms. The Morgan fingerprint density at radius 1 is 1.36 bits per heavy atom. The molecule has 1 rings (SSSR count). The maximum absolute atomic E-state index is 11.5. The number of guanidine groups is 1. The summed E-state index contributed by atoms with van der Waals surface area (Å²) in [6.45, 7) is 10.2. The molecule has 0 spiro atoms. The molecule has 1 saturated carbocycles. The third-order valence-corrected chi connectivity index (χ3v) is 3.51. The molecule has 0 unspecified atom stereocenters. The van der Waals surface area contributed by atoms with E-state index in [9.17, 15) is 4.79 Å². The Morgan fingerprint density at radius 2 is 2.09 bits per heavy atom. The topological polar surface area (TPSA) is 66.0 Å². The fraction of sp³-hybridized carbons (Fsp3) is 0.875. The van der Waals surface area contributed by atoms with Crippen molar-refractivity contribution in [3.8, 4) is 0 Å². The van der Waals surface area contributed by atoms with Crippen molar-refractivity contribution in [1.29, 1.82) is 0 Å². The molecule has 6 nitrogen and oxygen atoms in total. The largest absolute Gasteiger partial charge is 0.379 e. The van der Waals surface area contributed by atoms with E-state index in [0.717, 1.165) is 38.2 Å². The zero-order valence-corrected chi connectivity index (χ0v) is 14.5. The Labute approximate surface area is 134 Å². The van der Waals surface area contributed by atoms with E-state index in [2.05, 4.69) is 20.5 Å². The molecule has 1 aliphatic carbocycles. The third-order valence-electron chi connectivity index (χ3n) is 3.51. The fourth-order valence-corrected chi connectivity index (χ4v) is 1.86. The average molecular weight is 312 g/mol. The molecule has 0 aromatic rings. The third kappa shape index (κ3) is 8.22. The summed E-state index contributed by atoms with van der Waals surface area (Å²) in [4.78, 5) is 18.1. The van der Waals surface area contributed by atoms with Crippen LogP contribution in [0.4, 0.5) is 0 Å². The highest BCUT2D eigenvalue weighted by molar-refractivity contribution is 5.80. The average Bonchev–Trinajstić information content (AvgIpc) is 3.30. The number of ether oxygens (including phenoxy) is 1. The molecular formula is C16H32N4O2. The molecule has 1 fully saturated rings. The molecule has 1 amide bonds. The van der Waals surface area contributed by atoms with Gasteiger partial charge in [0, 0.05) is 39.2 Å². The number of aliphatic imine (C=N–C) groups is 1. The highest BCUT2D eigenvalue weighted by Gasteiger charge is 2.21. The van der Waals surface area contributed by atoms with Crippen LogP contribution < -0.4 is 10.6 Å². The number of hydrogen-bond donors (Lipinski definition) is 2. The normalized spacial score (nSPS) is 15.0. The van der Waals surface area contributed by atoms with Gasteiger partial charge in [-0.05, 0) is 25.7 Å². The number of likely N-dealkylation sites (N-methyl/N-ethyl adjacent to an activating group) is 1. The number of carbonyl (C=O) groups is 1. The van der Waals surface area contributed by atoms with Crippen molar-refractivity contribution in [2.24, 2.45) is 16.8 Å². The minimum atomic E-state index is 0.0171. The van der Waals surface area contributed by atoms with E-state index in [1.165, 1.54) is 12.8 Å². The number of amides is 1. The van der Waals surface area contributed by atoms with Gasteiger partial charge in [0.25, 0.3) is 0 Å². The van der Waals surface area contributed by atoms with E-state index in [1.54, 1.807) is 0 Å². The number of nitrogens with one attached hydrogen (secondary N) is 2. The highest BCUT2D eigenvalue weighted by atomic mass is 16.5. The first-order valence-corrected chi connectivity index (χ1v) is 8.39. The van der Waals surface area contributed by atoms with E-state index >= 15 is 0 Å². The summed E-state index contributed by atoms with van der Waals surface area (Å²) in [7, 11) is 2.01. The molecule has 0 radical (unpaired) electrons. The molecule has 1 aliphatic rings. The second kappa shape index (κ2) is 10.4. The Balaban J connectivity index is 2.24. The summed E-state index contributed by atoms with van der Waals surface area (Å²) in [5.74, 6) is 1.75. The maximum atomic E-state index is 11.5. The van der Waals surface area contributed by atoms with Crippen LogP contribution in [0.25, 0.3) is 0 Å². The van der Waals surface area contributed by atoms with Crippen LogP contribution >= 0.6 is 0 Å². The number of hydrogen-bond acceptors (Lipinski definition) is 3. The molecule has 0 heterocycles. The van der Waals surface area contributed by atoms with Crippen LogP contribution in [0.1, 0.15) is 33.6 Å². The van der Waals surface area contributed by atoms with Crippen molar-refractivity contribution in [2.45, 2.75) is 33.6 Å². The molecule has 128 valence electrons. The lowest BCUT2D eigenvalue weighted by atomic mass is 10.2.